The van der Waals surface area contributed by atoms with E-state index in [2.05, 4.69) is 23.8 Å². The lowest BCUT2D eigenvalue weighted by Gasteiger charge is -2.61. The summed E-state index contributed by atoms with van der Waals surface area (Å²) in [5, 5.41) is 0. The summed E-state index contributed by atoms with van der Waals surface area (Å²) in [7, 11) is 0. The van der Waals surface area contributed by atoms with Crippen LogP contribution >= 0.6 is 0 Å². The second kappa shape index (κ2) is 8.96. The molecule has 0 amide bonds. The molecule has 214 valence electrons. The first kappa shape index (κ1) is 25.9. The fourth-order valence-electron chi connectivity index (χ4n) is 9.83. The van der Waals surface area contributed by atoms with Gasteiger partial charge in [-0.2, -0.15) is 0 Å². The molecule has 1 aliphatic heterocycles. The summed E-state index contributed by atoms with van der Waals surface area (Å²) in [6.45, 7) is 6.23. The van der Waals surface area contributed by atoms with Gasteiger partial charge in [0, 0.05) is 38.1 Å². The molecule has 0 N–H and O–H groups in total. The third-order valence-corrected chi connectivity index (χ3v) is 11.5. The maximum absolute atomic E-state index is 13.3. The molecule has 9 nitrogen and oxygen atoms in total. The molecule has 1 saturated heterocycles. The highest BCUT2D eigenvalue weighted by atomic mass is 16.7. The van der Waals surface area contributed by atoms with Crippen molar-refractivity contribution in [2.75, 3.05) is 0 Å². The monoisotopic (exact) mass is 550 g/mol. The molecule has 4 saturated carbocycles. The van der Waals surface area contributed by atoms with Crippen LogP contribution in [-0.4, -0.2) is 45.8 Å². The Morgan fingerprint density at radius 3 is 2.55 bits per heavy atom. The van der Waals surface area contributed by atoms with Crippen molar-refractivity contribution in [3.05, 3.63) is 58.7 Å². The van der Waals surface area contributed by atoms with Crippen LogP contribution in [-0.2, 0) is 19.0 Å². The zero-order valence-corrected chi connectivity index (χ0v) is 23.2. The molecule has 1 spiro atoms. The molecule has 10 atom stereocenters. The topological polar surface area (TPSA) is 121 Å². The lowest BCUT2D eigenvalue weighted by atomic mass is 9.44. The zero-order chi connectivity index (χ0) is 27.9. The van der Waals surface area contributed by atoms with E-state index in [9.17, 15) is 14.4 Å². The molecule has 9 heteroatoms. The van der Waals surface area contributed by atoms with Crippen molar-refractivity contribution in [2.45, 2.75) is 95.5 Å². The van der Waals surface area contributed by atoms with Gasteiger partial charge in [-0.1, -0.05) is 13.8 Å². The normalized spacial score (nSPS) is 42.9. The molecule has 0 bridgehead atoms. The highest BCUT2D eigenvalue weighted by Crippen LogP contribution is 2.78. The smallest absolute Gasteiger partial charge is 0.341 e. The van der Waals surface area contributed by atoms with Crippen molar-refractivity contribution in [3.63, 3.8) is 0 Å². The Morgan fingerprint density at radius 2 is 1.82 bits per heavy atom. The van der Waals surface area contributed by atoms with Gasteiger partial charge in [-0.3, -0.25) is 4.79 Å². The van der Waals surface area contributed by atoms with Gasteiger partial charge in [0.2, 0.25) is 0 Å². The minimum Gasteiger partial charge on any atom is -0.463 e. The molecule has 5 fully saturated rings. The first-order valence-corrected chi connectivity index (χ1v) is 14.6. The van der Waals surface area contributed by atoms with E-state index in [0.29, 0.717) is 23.3 Å². The highest BCUT2D eigenvalue weighted by Gasteiger charge is 2.84. The predicted octanol–water partition coefficient (Wildman–Crippen LogP) is 4.70. The Labute approximate surface area is 234 Å². The number of hydrogen-bond donors (Lipinski definition) is 0. The van der Waals surface area contributed by atoms with E-state index in [-0.39, 0.29) is 36.4 Å². The molecule has 4 aliphatic carbocycles. The summed E-state index contributed by atoms with van der Waals surface area (Å²) < 4.78 is 24.0. The SMILES string of the molecule is CC(=O)O[C@H]1CC[C@]2(C)C3CC[C@]4(C)[C@@H](c5ccc(=O)oc5)[C@@H](OC(=O)c5cncnc5)[C@H]5O[C@]54[C@@H]3CC[C@@H]2C1.[HH]. The quantitative estimate of drug-likeness (QED) is 0.394. The first-order chi connectivity index (χ1) is 19.2. The first-order valence-electron chi connectivity index (χ1n) is 14.6. The minimum absolute atomic E-state index is 0. The molecule has 7 rings (SSSR count). The Balaban J connectivity index is 0.00000302. The van der Waals surface area contributed by atoms with Crippen LogP contribution in [0.2, 0.25) is 0 Å². The van der Waals surface area contributed by atoms with Crippen molar-refractivity contribution in [3.8, 4) is 0 Å². The Kier molecular flexibility index (Phi) is 5.80. The Bertz CT molecular complexity index is 1380. The average Bonchev–Trinajstić information content (AvgIpc) is 3.64. The molecule has 1 unspecified atom stereocenters. The van der Waals surface area contributed by atoms with Crippen LogP contribution in [0.1, 0.15) is 89.0 Å². The highest BCUT2D eigenvalue weighted by molar-refractivity contribution is 5.88. The van der Waals surface area contributed by atoms with E-state index >= 15 is 0 Å². The maximum Gasteiger partial charge on any atom is 0.341 e. The molecular formula is C31H38N2O7. The van der Waals surface area contributed by atoms with E-state index in [1.54, 1.807) is 0 Å². The number of esters is 2. The van der Waals surface area contributed by atoms with E-state index in [1.165, 1.54) is 38.0 Å². The van der Waals surface area contributed by atoms with Crippen LogP contribution < -0.4 is 5.63 Å². The second-order valence-corrected chi connectivity index (χ2v) is 13.1. The van der Waals surface area contributed by atoms with Crippen molar-refractivity contribution in [1.29, 1.82) is 0 Å². The number of nitrogens with zero attached hydrogens (tertiary/aromatic N) is 2. The van der Waals surface area contributed by atoms with Crippen LogP contribution in [0.3, 0.4) is 0 Å². The fourth-order valence-corrected chi connectivity index (χ4v) is 9.83. The van der Waals surface area contributed by atoms with Gasteiger partial charge in [-0.15, -0.1) is 0 Å². The average molecular weight is 551 g/mol. The van der Waals surface area contributed by atoms with E-state index in [4.69, 9.17) is 18.6 Å². The Morgan fingerprint density at radius 1 is 1.02 bits per heavy atom. The maximum atomic E-state index is 13.3. The largest absolute Gasteiger partial charge is 0.463 e. The predicted molar refractivity (Wildman–Crippen MR) is 143 cm³/mol. The van der Waals surface area contributed by atoms with Gasteiger partial charge in [0.1, 0.15) is 30.2 Å². The summed E-state index contributed by atoms with van der Waals surface area (Å²) in [5.41, 5.74) is 0.199. The number of ether oxygens (including phenoxy) is 3. The summed E-state index contributed by atoms with van der Waals surface area (Å²) in [6.07, 6.45) is 12.1. The van der Waals surface area contributed by atoms with Crippen LogP contribution in [0, 0.1) is 28.6 Å². The van der Waals surface area contributed by atoms with Gasteiger partial charge in [0.25, 0.3) is 0 Å². The number of aromatic nitrogens is 2. The van der Waals surface area contributed by atoms with Crippen LogP contribution in [0.25, 0.3) is 0 Å². The summed E-state index contributed by atoms with van der Waals surface area (Å²) in [6, 6.07) is 3.26. The lowest BCUT2D eigenvalue weighted by molar-refractivity contribution is -0.164. The number of carbonyl (C=O) groups is 2. The van der Waals surface area contributed by atoms with E-state index < -0.39 is 23.3 Å². The number of epoxide rings is 1. The molecule has 0 radical (unpaired) electrons. The molecule has 5 aliphatic rings. The molecule has 40 heavy (non-hydrogen) atoms. The second-order valence-electron chi connectivity index (χ2n) is 13.1. The number of hydrogen-bond acceptors (Lipinski definition) is 9. The number of rotatable bonds is 4. The van der Waals surface area contributed by atoms with Crippen molar-refractivity contribution >= 4 is 11.9 Å². The standard InChI is InChI=1S/C31H36N2O7.H2/c1-17(34)38-21-8-10-29(2)20(12-21)5-6-23-22(29)9-11-30(3)25(18-4-7-24(35)37-15-18)26(27-31(23,30)40-27)39-28(36)19-13-32-16-33-14-19;/h4,7,13-16,20-23,25-27H,5-6,8-12H2,1-3H3;1H/t20-,21+,22?,23-,25+,26-,27-,29+,30-,31-;/m1./s1. The van der Waals surface area contributed by atoms with Crippen molar-refractivity contribution in [1.82, 2.24) is 9.97 Å². The van der Waals surface area contributed by atoms with Crippen molar-refractivity contribution in [2.24, 2.45) is 28.6 Å². The van der Waals surface area contributed by atoms with Gasteiger partial charge >= 0.3 is 17.6 Å². The zero-order valence-electron chi connectivity index (χ0n) is 23.2. The third-order valence-electron chi connectivity index (χ3n) is 11.5. The summed E-state index contributed by atoms with van der Waals surface area (Å²) in [4.78, 5) is 44.7. The van der Waals surface area contributed by atoms with E-state index in [1.807, 2.05) is 6.07 Å². The van der Waals surface area contributed by atoms with Crippen LogP contribution in [0.5, 0.6) is 0 Å². The Hall–Kier alpha value is -3.07. The molecule has 0 aromatic carbocycles. The fraction of sp³-hybridized carbons (Fsp3) is 0.645. The number of fused-ring (bicyclic) bond motifs is 3. The minimum atomic E-state index is -0.519. The van der Waals surface area contributed by atoms with Crippen molar-refractivity contribution < 1.29 is 29.6 Å². The van der Waals surface area contributed by atoms with E-state index in [0.717, 1.165) is 50.5 Å². The molecule has 3 heterocycles. The van der Waals surface area contributed by atoms with Gasteiger partial charge in [-0.25, -0.2) is 19.6 Å². The van der Waals surface area contributed by atoms with Gasteiger partial charge in [-0.05, 0) is 79.7 Å². The third kappa shape index (κ3) is 3.58. The molecular weight excluding hydrogens is 512 g/mol. The molecule has 2 aromatic heterocycles. The summed E-state index contributed by atoms with van der Waals surface area (Å²) in [5.74, 6) is 0.489. The van der Waals surface area contributed by atoms with Crippen LogP contribution in [0.4, 0.5) is 0 Å². The van der Waals surface area contributed by atoms with Gasteiger partial charge in [0.05, 0.1) is 11.8 Å². The van der Waals surface area contributed by atoms with Gasteiger partial charge < -0.3 is 18.6 Å². The van der Waals surface area contributed by atoms with Crippen LogP contribution in [0.15, 0.2) is 46.3 Å². The number of carbonyl (C=O) groups excluding carboxylic acids is 2. The molecule has 2 aromatic rings. The lowest BCUT2D eigenvalue weighted by Crippen LogP contribution is -2.58. The van der Waals surface area contributed by atoms with Gasteiger partial charge in [0.15, 0.2) is 0 Å². The summed E-state index contributed by atoms with van der Waals surface area (Å²) >= 11 is 0.